The highest BCUT2D eigenvalue weighted by molar-refractivity contribution is 5.99. The van der Waals surface area contributed by atoms with Crippen molar-refractivity contribution < 1.29 is 14.3 Å². The van der Waals surface area contributed by atoms with Crippen LogP contribution in [-0.2, 0) is 6.42 Å². The van der Waals surface area contributed by atoms with Crippen molar-refractivity contribution in [3.05, 3.63) is 64.2 Å². The van der Waals surface area contributed by atoms with E-state index < -0.39 is 0 Å². The van der Waals surface area contributed by atoms with E-state index in [1.165, 1.54) is 0 Å². The number of methoxy groups -OCH3 is 1. The molecule has 2 rings (SSSR count). The first-order valence-electron chi connectivity index (χ1n) is 11.4. The van der Waals surface area contributed by atoms with E-state index in [9.17, 15) is 9.59 Å². The SMILES string of the molecule is CCC[C@@H](N(NC(=O)c1ccc(CC)c(OC)c1)C(=O)c1cc(C)cc(C)c1)C(C)(C)C. The molecule has 0 saturated carbocycles. The molecule has 0 aliphatic heterocycles. The summed E-state index contributed by atoms with van der Waals surface area (Å²) in [6, 6.07) is 11.0. The molecule has 2 amide bonds. The van der Waals surface area contributed by atoms with Gasteiger partial charge in [0.05, 0.1) is 13.2 Å². The van der Waals surface area contributed by atoms with Crippen LogP contribution < -0.4 is 10.2 Å². The van der Waals surface area contributed by atoms with E-state index in [1.807, 2.05) is 45.0 Å². The van der Waals surface area contributed by atoms with Gasteiger partial charge < -0.3 is 4.74 Å². The van der Waals surface area contributed by atoms with Crippen molar-refractivity contribution >= 4 is 11.8 Å². The lowest BCUT2D eigenvalue weighted by molar-refractivity contribution is 0.0271. The standard InChI is InChI=1S/C27H38N2O3/c1-9-11-24(27(5,6)7)29(26(31)22-15-18(3)14-19(4)16-22)28-25(30)21-13-12-20(10-2)23(17-21)32-8/h12-17,24H,9-11H2,1-8H3,(H,28,30)/t24-/m1/s1. The molecule has 0 heterocycles. The molecule has 0 aliphatic rings. The first kappa shape index (κ1) is 25.4. The molecule has 0 aliphatic carbocycles. The molecule has 32 heavy (non-hydrogen) atoms. The molecule has 0 spiro atoms. The lowest BCUT2D eigenvalue weighted by atomic mass is 9.83. The van der Waals surface area contributed by atoms with Crippen molar-refractivity contribution in [3.8, 4) is 5.75 Å². The number of ether oxygens (including phenoxy) is 1. The summed E-state index contributed by atoms with van der Waals surface area (Å²) in [4.78, 5) is 27.0. The second-order valence-corrected chi connectivity index (χ2v) is 9.54. The van der Waals surface area contributed by atoms with Crippen molar-refractivity contribution in [2.24, 2.45) is 5.41 Å². The van der Waals surface area contributed by atoms with Crippen LogP contribution in [0.5, 0.6) is 5.75 Å². The van der Waals surface area contributed by atoms with Crippen molar-refractivity contribution in [1.82, 2.24) is 10.4 Å². The van der Waals surface area contributed by atoms with E-state index in [0.717, 1.165) is 36.0 Å². The number of hydrogen-bond acceptors (Lipinski definition) is 3. The van der Waals surface area contributed by atoms with Crippen LogP contribution in [0.2, 0.25) is 0 Å². The molecule has 0 radical (unpaired) electrons. The van der Waals surface area contributed by atoms with Gasteiger partial charge in [-0.2, -0.15) is 0 Å². The predicted molar refractivity (Wildman–Crippen MR) is 130 cm³/mol. The zero-order valence-corrected chi connectivity index (χ0v) is 20.8. The fourth-order valence-electron chi connectivity index (χ4n) is 4.08. The third kappa shape index (κ3) is 6.12. The highest BCUT2D eigenvalue weighted by Gasteiger charge is 2.35. The van der Waals surface area contributed by atoms with Gasteiger partial charge >= 0.3 is 0 Å². The number of rotatable bonds is 7. The number of amides is 2. The molecular weight excluding hydrogens is 400 g/mol. The van der Waals surface area contributed by atoms with E-state index >= 15 is 0 Å². The minimum atomic E-state index is -0.325. The molecule has 0 bridgehead atoms. The van der Waals surface area contributed by atoms with Crippen molar-refractivity contribution in [2.75, 3.05) is 7.11 Å². The van der Waals surface area contributed by atoms with Crippen LogP contribution in [0, 0.1) is 19.3 Å². The van der Waals surface area contributed by atoms with Crippen LogP contribution >= 0.6 is 0 Å². The summed E-state index contributed by atoms with van der Waals surface area (Å²) in [5, 5.41) is 1.54. The highest BCUT2D eigenvalue weighted by atomic mass is 16.5. The van der Waals surface area contributed by atoms with Crippen LogP contribution in [0.1, 0.15) is 84.9 Å². The highest BCUT2D eigenvalue weighted by Crippen LogP contribution is 2.29. The molecule has 0 saturated heterocycles. The molecule has 0 unspecified atom stereocenters. The predicted octanol–water partition coefficient (Wildman–Crippen LogP) is 5.88. The fourth-order valence-corrected chi connectivity index (χ4v) is 4.08. The fraction of sp³-hybridized carbons (Fsp3) is 0.481. The van der Waals surface area contributed by atoms with Gasteiger partial charge in [-0.05, 0) is 61.9 Å². The molecule has 5 nitrogen and oxygen atoms in total. The largest absolute Gasteiger partial charge is 0.496 e. The van der Waals surface area contributed by atoms with E-state index in [0.29, 0.717) is 16.9 Å². The van der Waals surface area contributed by atoms with E-state index in [2.05, 4.69) is 33.1 Å². The number of nitrogens with one attached hydrogen (secondary N) is 1. The van der Waals surface area contributed by atoms with Crippen molar-refractivity contribution in [3.63, 3.8) is 0 Å². The minimum Gasteiger partial charge on any atom is -0.496 e. The first-order chi connectivity index (χ1) is 15.0. The Morgan fingerprint density at radius 3 is 2.12 bits per heavy atom. The zero-order chi connectivity index (χ0) is 24.1. The quantitative estimate of drug-likeness (QED) is 0.550. The van der Waals surface area contributed by atoms with Gasteiger partial charge in [0.1, 0.15) is 5.75 Å². The second kappa shape index (κ2) is 10.7. The molecule has 0 aromatic heterocycles. The number of carbonyl (C=O) groups excluding carboxylic acids is 2. The molecular formula is C27H38N2O3. The summed E-state index contributed by atoms with van der Waals surface area (Å²) in [5.41, 5.74) is 6.82. The van der Waals surface area contributed by atoms with Gasteiger partial charge in [0, 0.05) is 11.1 Å². The summed E-state index contributed by atoms with van der Waals surface area (Å²) >= 11 is 0. The Morgan fingerprint density at radius 2 is 1.62 bits per heavy atom. The third-order valence-corrected chi connectivity index (χ3v) is 5.71. The van der Waals surface area contributed by atoms with Crippen molar-refractivity contribution in [2.45, 2.75) is 73.8 Å². The molecule has 5 heteroatoms. The number of carbonyl (C=O) groups is 2. The van der Waals surface area contributed by atoms with Gasteiger partial charge in [-0.3, -0.25) is 15.0 Å². The Morgan fingerprint density at radius 1 is 1.00 bits per heavy atom. The number of benzene rings is 2. The van der Waals surface area contributed by atoms with Crippen LogP contribution in [0.25, 0.3) is 0 Å². The maximum atomic E-state index is 13.7. The van der Waals surface area contributed by atoms with Gasteiger partial charge in [-0.1, -0.05) is 64.3 Å². The number of hydrazine groups is 1. The van der Waals surface area contributed by atoms with Gasteiger partial charge in [0.15, 0.2) is 0 Å². The van der Waals surface area contributed by atoms with E-state index in [-0.39, 0.29) is 23.3 Å². The Labute approximate surface area is 193 Å². The Hall–Kier alpha value is -2.82. The number of nitrogens with zero attached hydrogens (tertiary/aromatic N) is 1. The zero-order valence-electron chi connectivity index (χ0n) is 20.8. The van der Waals surface area contributed by atoms with Gasteiger partial charge in [-0.25, -0.2) is 5.01 Å². The molecule has 1 N–H and O–H groups in total. The molecule has 174 valence electrons. The van der Waals surface area contributed by atoms with Gasteiger partial charge in [-0.15, -0.1) is 0 Å². The number of aryl methyl sites for hydroxylation is 3. The molecule has 0 fully saturated rings. The van der Waals surface area contributed by atoms with Gasteiger partial charge in [0.2, 0.25) is 0 Å². The molecule has 2 aromatic carbocycles. The van der Waals surface area contributed by atoms with Crippen molar-refractivity contribution in [1.29, 1.82) is 0 Å². The average Bonchev–Trinajstić information content (AvgIpc) is 2.73. The average molecular weight is 439 g/mol. The normalized spacial score (nSPS) is 12.2. The Kier molecular flexibility index (Phi) is 8.48. The summed E-state index contributed by atoms with van der Waals surface area (Å²) in [5.74, 6) is 0.151. The lowest BCUT2D eigenvalue weighted by Gasteiger charge is -2.40. The van der Waals surface area contributed by atoms with E-state index in [1.54, 1.807) is 24.3 Å². The van der Waals surface area contributed by atoms with Gasteiger partial charge in [0.25, 0.3) is 11.8 Å². The smallest absolute Gasteiger partial charge is 0.272 e. The minimum absolute atomic E-state index is 0.165. The maximum absolute atomic E-state index is 13.7. The topological polar surface area (TPSA) is 58.6 Å². The first-order valence-corrected chi connectivity index (χ1v) is 11.4. The summed E-state index contributed by atoms with van der Waals surface area (Å²) < 4.78 is 5.45. The third-order valence-electron chi connectivity index (χ3n) is 5.71. The monoisotopic (exact) mass is 438 g/mol. The Bertz CT molecular complexity index is 940. The summed E-state index contributed by atoms with van der Waals surface area (Å²) in [6.07, 6.45) is 2.48. The van der Waals surface area contributed by atoms with Crippen LogP contribution in [0.4, 0.5) is 0 Å². The second-order valence-electron chi connectivity index (χ2n) is 9.54. The van der Waals surface area contributed by atoms with Crippen LogP contribution in [0.15, 0.2) is 36.4 Å². The van der Waals surface area contributed by atoms with Crippen LogP contribution in [-0.4, -0.2) is 30.0 Å². The van der Waals surface area contributed by atoms with Crippen LogP contribution in [0.3, 0.4) is 0 Å². The summed E-state index contributed by atoms with van der Waals surface area (Å²) in [7, 11) is 1.60. The Balaban J connectivity index is 2.48. The lowest BCUT2D eigenvalue weighted by Crippen LogP contribution is -2.56. The van der Waals surface area contributed by atoms with E-state index in [4.69, 9.17) is 4.74 Å². The molecule has 2 aromatic rings. The summed E-state index contributed by atoms with van der Waals surface area (Å²) in [6.45, 7) is 14.4. The maximum Gasteiger partial charge on any atom is 0.272 e. The molecule has 1 atom stereocenters. The number of hydrogen-bond donors (Lipinski definition) is 1.